The Bertz CT molecular complexity index is 284. The zero-order valence-corrected chi connectivity index (χ0v) is 13.0. The molecule has 2 unspecified atom stereocenters. The standard InChI is InChI=1S/C16H31N3/c1-4-11-18-16(14-17)10-7-8-15(16)9-13-19(6-3)12-5-2/h15,18H,4-13H2,1-3H3. The van der Waals surface area contributed by atoms with Crippen molar-refractivity contribution in [1.29, 1.82) is 5.26 Å². The first-order valence-corrected chi connectivity index (χ1v) is 8.11. The molecular formula is C16H31N3. The van der Waals surface area contributed by atoms with Crippen LogP contribution >= 0.6 is 0 Å². The van der Waals surface area contributed by atoms with Gasteiger partial charge in [0.25, 0.3) is 0 Å². The molecule has 1 rings (SSSR count). The average Bonchev–Trinajstić information content (AvgIpc) is 2.84. The molecule has 0 spiro atoms. The minimum absolute atomic E-state index is 0.234. The first kappa shape index (κ1) is 16.5. The predicted octanol–water partition coefficient (Wildman–Crippen LogP) is 3.17. The topological polar surface area (TPSA) is 39.1 Å². The van der Waals surface area contributed by atoms with Crippen molar-refractivity contribution in [2.45, 2.75) is 64.8 Å². The molecule has 110 valence electrons. The molecule has 1 aliphatic carbocycles. The van der Waals surface area contributed by atoms with Crippen molar-refractivity contribution >= 4 is 0 Å². The van der Waals surface area contributed by atoms with Gasteiger partial charge in [0.15, 0.2) is 0 Å². The van der Waals surface area contributed by atoms with Gasteiger partial charge in [-0.2, -0.15) is 5.26 Å². The second-order valence-corrected chi connectivity index (χ2v) is 5.82. The van der Waals surface area contributed by atoms with E-state index in [0.29, 0.717) is 5.92 Å². The molecule has 0 saturated heterocycles. The number of nitriles is 1. The van der Waals surface area contributed by atoms with Gasteiger partial charge in [-0.3, -0.25) is 5.32 Å². The summed E-state index contributed by atoms with van der Waals surface area (Å²) in [6.07, 6.45) is 6.94. The Hall–Kier alpha value is -0.590. The maximum absolute atomic E-state index is 9.61. The lowest BCUT2D eigenvalue weighted by molar-refractivity contribution is 0.230. The van der Waals surface area contributed by atoms with Crippen LogP contribution < -0.4 is 5.32 Å². The van der Waals surface area contributed by atoms with E-state index >= 15 is 0 Å². The van der Waals surface area contributed by atoms with Crippen molar-refractivity contribution in [3.05, 3.63) is 0 Å². The van der Waals surface area contributed by atoms with E-state index in [2.05, 4.69) is 37.1 Å². The number of hydrogen-bond acceptors (Lipinski definition) is 3. The van der Waals surface area contributed by atoms with Gasteiger partial charge in [-0.05, 0) is 64.2 Å². The van der Waals surface area contributed by atoms with Gasteiger partial charge in [0.1, 0.15) is 5.54 Å². The van der Waals surface area contributed by atoms with Gasteiger partial charge < -0.3 is 4.90 Å². The molecule has 0 aromatic heterocycles. The summed E-state index contributed by atoms with van der Waals surface area (Å²) in [6, 6.07) is 2.61. The third-order valence-corrected chi connectivity index (χ3v) is 4.49. The maximum Gasteiger partial charge on any atom is 0.109 e. The summed E-state index contributed by atoms with van der Waals surface area (Å²) in [5.41, 5.74) is -0.234. The van der Waals surface area contributed by atoms with Crippen LogP contribution in [0, 0.1) is 17.2 Å². The second-order valence-electron chi connectivity index (χ2n) is 5.82. The van der Waals surface area contributed by atoms with Gasteiger partial charge in [-0.15, -0.1) is 0 Å². The molecule has 0 heterocycles. The molecule has 1 N–H and O–H groups in total. The van der Waals surface area contributed by atoms with E-state index in [-0.39, 0.29) is 5.54 Å². The van der Waals surface area contributed by atoms with Crippen LogP contribution in [0.1, 0.15) is 59.3 Å². The van der Waals surface area contributed by atoms with Gasteiger partial charge >= 0.3 is 0 Å². The molecule has 19 heavy (non-hydrogen) atoms. The highest BCUT2D eigenvalue weighted by Gasteiger charge is 2.42. The Morgan fingerprint density at radius 3 is 2.63 bits per heavy atom. The molecule has 0 aromatic carbocycles. The molecule has 3 nitrogen and oxygen atoms in total. The van der Waals surface area contributed by atoms with Crippen LogP contribution in [0.25, 0.3) is 0 Å². The van der Waals surface area contributed by atoms with Crippen LogP contribution in [-0.2, 0) is 0 Å². The second kappa shape index (κ2) is 8.55. The fourth-order valence-electron chi connectivity index (χ4n) is 3.32. The summed E-state index contributed by atoms with van der Waals surface area (Å²) in [7, 11) is 0. The van der Waals surface area contributed by atoms with E-state index in [9.17, 15) is 5.26 Å². The maximum atomic E-state index is 9.61. The van der Waals surface area contributed by atoms with E-state index < -0.39 is 0 Å². The Morgan fingerprint density at radius 2 is 2.05 bits per heavy atom. The van der Waals surface area contributed by atoms with Crippen molar-refractivity contribution < 1.29 is 0 Å². The monoisotopic (exact) mass is 265 g/mol. The predicted molar refractivity (Wildman–Crippen MR) is 81.0 cm³/mol. The molecule has 1 saturated carbocycles. The van der Waals surface area contributed by atoms with E-state index in [4.69, 9.17) is 0 Å². The average molecular weight is 265 g/mol. The molecular weight excluding hydrogens is 234 g/mol. The highest BCUT2D eigenvalue weighted by molar-refractivity contribution is 5.14. The lowest BCUT2D eigenvalue weighted by atomic mass is 9.85. The first-order chi connectivity index (χ1) is 9.22. The first-order valence-electron chi connectivity index (χ1n) is 8.11. The molecule has 0 radical (unpaired) electrons. The quantitative estimate of drug-likeness (QED) is 0.696. The summed E-state index contributed by atoms with van der Waals surface area (Å²) in [5, 5.41) is 13.2. The molecule has 1 fully saturated rings. The number of hydrogen-bond donors (Lipinski definition) is 1. The van der Waals surface area contributed by atoms with E-state index in [0.717, 1.165) is 38.9 Å². The molecule has 0 bridgehead atoms. The van der Waals surface area contributed by atoms with Crippen LogP contribution in [0.4, 0.5) is 0 Å². The van der Waals surface area contributed by atoms with Crippen molar-refractivity contribution in [2.24, 2.45) is 5.92 Å². The number of rotatable bonds is 9. The number of nitrogens with zero attached hydrogens (tertiary/aromatic N) is 2. The van der Waals surface area contributed by atoms with Gasteiger partial charge in [0, 0.05) is 0 Å². The van der Waals surface area contributed by atoms with Crippen LogP contribution in [0.2, 0.25) is 0 Å². The van der Waals surface area contributed by atoms with Crippen molar-refractivity contribution in [2.75, 3.05) is 26.2 Å². The highest BCUT2D eigenvalue weighted by atomic mass is 15.1. The van der Waals surface area contributed by atoms with Gasteiger partial charge in [-0.25, -0.2) is 0 Å². The minimum Gasteiger partial charge on any atom is -0.304 e. The Labute approximate surface area is 119 Å². The third-order valence-electron chi connectivity index (χ3n) is 4.49. The molecule has 2 atom stereocenters. The largest absolute Gasteiger partial charge is 0.304 e. The van der Waals surface area contributed by atoms with Crippen LogP contribution in [0.5, 0.6) is 0 Å². The molecule has 0 amide bonds. The number of nitrogens with one attached hydrogen (secondary N) is 1. The zero-order chi connectivity index (χ0) is 14.1. The van der Waals surface area contributed by atoms with Gasteiger partial charge in [0.2, 0.25) is 0 Å². The normalized spacial score (nSPS) is 26.8. The lowest BCUT2D eigenvalue weighted by Crippen LogP contribution is -2.48. The molecule has 1 aliphatic rings. The Balaban J connectivity index is 2.52. The summed E-state index contributed by atoms with van der Waals surface area (Å²) in [5.74, 6) is 0.537. The summed E-state index contributed by atoms with van der Waals surface area (Å²) in [4.78, 5) is 2.51. The summed E-state index contributed by atoms with van der Waals surface area (Å²) >= 11 is 0. The fraction of sp³-hybridized carbons (Fsp3) is 0.938. The highest BCUT2D eigenvalue weighted by Crippen LogP contribution is 2.37. The Kier molecular flexibility index (Phi) is 7.41. The fourth-order valence-corrected chi connectivity index (χ4v) is 3.32. The van der Waals surface area contributed by atoms with Crippen molar-refractivity contribution in [3.63, 3.8) is 0 Å². The third kappa shape index (κ3) is 4.47. The smallest absolute Gasteiger partial charge is 0.109 e. The zero-order valence-electron chi connectivity index (χ0n) is 13.0. The van der Waals surface area contributed by atoms with E-state index in [1.54, 1.807) is 0 Å². The summed E-state index contributed by atoms with van der Waals surface area (Å²) in [6.45, 7) is 11.1. The summed E-state index contributed by atoms with van der Waals surface area (Å²) < 4.78 is 0. The minimum atomic E-state index is -0.234. The van der Waals surface area contributed by atoms with Crippen molar-refractivity contribution in [1.82, 2.24) is 10.2 Å². The van der Waals surface area contributed by atoms with E-state index in [1.165, 1.54) is 25.8 Å². The molecule has 0 aromatic rings. The SMILES string of the molecule is CCCNC1(C#N)CCCC1CCN(CC)CCC. The van der Waals surface area contributed by atoms with Crippen LogP contribution in [-0.4, -0.2) is 36.6 Å². The lowest BCUT2D eigenvalue weighted by Gasteiger charge is -2.31. The van der Waals surface area contributed by atoms with E-state index in [1.807, 2.05) is 0 Å². The molecule has 3 heteroatoms. The Morgan fingerprint density at radius 1 is 1.26 bits per heavy atom. The van der Waals surface area contributed by atoms with Crippen LogP contribution in [0.3, 0.4) is 0 Å². The van der Waals surface area contributed by atoms with Gasteiger partial charge in [-0.1, -0.05) is 27.2 Å². The van der Waals surface area contributed by atoms with Gasteiger partial charge in [0.05, 0.1) is 6.07 Å². The molecule has 0 aliphatic heterocycles. The van der Waals surface area contributed by atoms with Crippen molar-refractivity contribution in [3.8, 4) is 6.07 Å². The van der Waals surface area contributed by atoms with Crippen LogP contribution in [0.15, 0.2) is 0 Å².